The van der Waals surface area contributed by atoms with E-state index in [0.29, 0.717) is 17.2 Å². The maximum Gasteiger partial charge on any atom is 0.344 e. The highest BCUT2D eigenvalue weighted by Crippen LogP contribution is 2.18. The van der Waals surface area contributed by atoms with E-state index in [1.54, 1.807) is 42.5 Å². The molecule has 1 N–H and O–H groups in total. The monoisotopic (exact) mass is 355 g/mol. The van der Waals surface area contributed by atoms with Gasteiger partial charge in [-0.1, -0.05) is 44.2 Å². The minimum atomic E-state index is -0.700. The normalized spacial score (nSPS) is 10.3. The molecule has 0 aliphatic rings. The number of carbonyl (C=O) groups excluding carboxylic acids is 3. The summed E-state index contributed by atoms with van der Waals surface area (Å²) in [5, 5.41) is 2.15. The van der Waals surface area contributed by atoms with Crippen molar-refractivity contribution in [2.75, 3.05) is 13.2 Å². The molecule has 0 unspecified atom stereocenters. The van der Waals surface area contributed by atoms with Crippen LogP contribution in [0.2, 0.25) is 0 Å². The van der Waals surface area contributed by atoms with Crippen LogP contribution in [0.3, 0.4) is 0 Å². The quantitative estimate of drug-likeness (QED) is 0.772. The largest absolute Gasteiger partial charge is 0.482 e. The van der Waals surface area contributed by atoms with Crippen molar-refractivity contribution < 1.29 is 23.9 Å². The number of esters is 1. The van der Waals surface area contributed by atoms with Crippen molar-refractivity contribution in [2.45, 2.75) is 19.8 Å². The van der Waals surface area contributed by atoms with Crippen LogP contribution in [0.5, 0.6) is 5.75 Å². The molecule has 0 bridgehead atoms. The van der Waals surface area contributed by atoms with Gasteiger partial charge in [0.2, 0.25) is 0 Å². The molecule has 0 aromatic heterocycles. The molecule has 2 rings (SSSR count). The molecule has 2 amide bonds. The number of hydrogen-bond donors (Lipinski definition) is 1. The Morgan fingerprint density at radius 2 is 1.58 bits per heavy atom. The SMILES string of the molecule is CC(C)c1ccc(OCC(=O)OCC(=O)NC(=O)c2ccccc2)cc1. The van der Waals surface area contributed by atoms with Crippen molar-refractivity contribution in [2.24, 2.45) is 0 Å². The second-order valence-corrected chi connectivity index (χ2v) is 5.92. The first kappa shape index (κ1) is 19.2. The van der Waals surface area contributed by atoms with Crippen molar-refractivity contribution in [3.05, 3.63) is 65.7 Å². The van der Waals surface area contributed by atoms with Gasteiger partial charge in [-0.05, 0) is 35.7 Å². The van der Waals surface area contributed by atoms with Gasteiger partial charge in [-0.2, -0.15) is 0 Å². The standard InChI is InChI=1S/C20H21NO5/c1-14(2)15-8-10-17(11-9-15)25-13-19(23)26-12-18(22)21-20(24)16-6-4-3-5-7-16/h3-11,14H,12-13H2,1-2H3,(H,21,22,24). The number of hydrogen-bond acceptors (Lipinski definition) is 5. The molecule has 0 heterocycles. The second-order valence-electron chi connectivity index (χ2n) is 5.92. The van der Waals surface area contributed by atoms with E-state index in [-0.39, 0.29) is 6.61 Å². The van der Waals surface area contributed by atoms with Gasteiger partial charge in [0.05, 0.1) is 0 Å². The molecule has 0 radical (unpaired) electrons. The third kappa shape index (κ3) is 6.05. The van der Waals surface area contributed by atoms with Gasteiger partial charge >= 0.3 is 5.97 Å². The number of rotatable bonds is 7. The van der Waals surface area contributed by atoms with E-state index < -0.39 is 24.4 Å². The molecular formula is C20H21NO5. The Labute approximate surface area is 152 Å². The van der Waals surface area contributed by atoms with Gasteiger partial charge < -0.3 is 9.47 Å². The topological polar surface area (TPSA) is 81.7 Å². The lowest BCUT2D eigenvalue weighted by atomic mass is 10.0. The van der Waals surface area contributed by atoms with Crippen molar-refractivity contribution in [3.8, 4) is 5.75 Å². The van der Waals surface area contributed by atoms with E-state index in [2.05, 4.69) is 19.2 Å². The minimum absolute atomic E-state index is 0.319. The molecule has 0 saturated carbocycles. The van der Waals surface area contributed by atoms with Crippen LogP contribution in [0, 0.1) is 0 Å². The first-order valence-corrected chi connectivity index (χ1v) is 8.23. The average molecular weight is 355 g/mol. The molecule has 0 spiro atoms. The maximum atomic E-state index is 11.8. The zero-order valence-electron chi connectivity index (χ0n) is 14.7. The predicted octanol–water partition coefficient (Wildman–Crippen LogP) is 2.69. The summed E-state index contributed by atoms with van der Waals surface area (Å²) >= 11 is 0. The van der Waals surface area contributed by atoms with Crippen LogP contribution in [0.15, 0.2) is 54.6 Å². The van der Waals surface area contributed by atoms with Crippen LogP contribution in [-0.4, -0.2) is 31.0 Å². The van der Waals surface area contributed by atoms with Gasteiger partial charge in [0.25, 0.3) is 11.8 Å². The molecule has 6 heteroatoms. The summed E-state index contributed by atoms with van der Waals surface area (Å²) in [6.07, 6.45) is 0. The summed E-state index contributed by atoms with van der Waals surface area (Å²) in [6, 6.07) is 15.7. The van der Waals surface area contributed by atoms with E-state index in [0.717, 1.165) is 0 Å². The fourth-order valence-electron chi connectivity index (χ4n) is 2.10. The summed E-state index contributed by atoms with van der Waals surface area (Å²) in [7, 11) is 0. The second kappa shape index (κ2) is 9.36. The summed E-state index contributed by atoms with van der Waals surface area (Å²) in [5.74, 6) is -0.997. The lowest BCUT2D eigenvalue weighted by Gasteiger charge is -2.09. The molecule has 2 aromatic carbocycles. The van der Waals surface area contributed by atoms with Crippen molar-refractivity contribution in [3.63, 3.8) is 0 Å². The molecule has 0 fully saturated rings. The van der Waals surface area contributed by atoms with Crippen molar-refractivity contribution in [1.82, 2.24) is 5.32 Å². The summed E-state index contributed by atoms with van der Waals surface area (Å²) in [5.41, 5.74) is 1.51. The van der Waals surface area contributed by atoms with Crippen LogP contribution in [0.1, 0.15) is 35.7 Å². The Morgan fingerprint density at radius 3 is 2.19 bits per heavy atom. The lowest BCUT2D eigenvalue weighted by molar-refractivity contribution is -0.150. The highest BCUT2D eigenvalue weighted by molar-refractivity contribution is 6.05. The first-order valence-electron chi connectivity index (χ1n) is 8.23. The van der Waals surface area contributed by atoms with E-state index in [1.165, 1.54) is 5.56 Å². The van der Waals surface area contributed by atoms with Crippen LogP contribution in [-0.2, 0) is 14.3 Å². The Balaban J connectivity index is 1.71. The number of nitrogens with one attached hydrogen (secondary N) is 1. The Hall–Kier alpha value is -3.15. The van der Waals surface area contributed by atoms with Gasteiger partial charge in [0.15, 0.2) is 13.2 Å². The van der Waals surface area contributed by atoms with E-state index >= 15 is 0 Å². The van der Waals surface area contributed by atoms with Gasteiger partial charge in [0.1, 0.15) is 5.75 Å². The minimum Gasteiger partial charge on any atom is -0.482 e. The summed E-state index contributed by atoms with van der Waals surface area (Å²) in [4.78, 5) is 35.1. The van der Waals surface area contributed by atoms with E-state index in [1.807, 2.05) is 12.1 Å². The predicted molar refractivity (Wildman–Crippen MR) is 95.9 cm³/mol. The number of imide groups is 1. The number of ether oxygens (including phenoxy) is 2. The van der Waals surface area contributed by atoms with Gasteiger partial charge in [-0.3, -0.25) is 14.9 Å². The Kier molecular flexibility index (Phi) is 6.91. The molecule has 136 valence electrons. The van der Waals surface area contributed by atoms with E-state index in [9.17, 15) is 14.4 Å². The number of amides is 2. The number of benzene rings is 2. The Bertz CT molecular complexity index is 754. The molecule has 0 atom stereocenters. The summed E-state index contributed by atoms with van der Waals surface area (Å²) in [6.45, 7) is 3.30. The van der Waals surface area contributed by atoms with Crippen LogP contribution in [0.4, 0.5) is 0 Å². The molecular weight excluding hydrogens is 334 g/mol. The first-order chi connectivity index (χ1) is 12.5. The highest BCUT2D eigenvalue weighted by atomic mass is 16.6. The Morgan fingerprint density at radius 1 is 0.923 bits per heavy atom. The van der Waals surface area contributed by atoms with Crippen molar-refractivity contribution >= 4 is 17.8 Å². The molecule has 0 saturated heterocycles. The molecule has 0 aliphatic heterocycles. The number of carbonyl (C=O) groups is 3. The fraction of sp³-hybridized carbons (Fsp3) is 0.250. The van der Waals surface area contributed by atoms with Gasteiger partial charge in [0, 0.05) is 5.56 Å². The van der Waals surface area contributed by atoms with E-state index in [4.69, 9.17) is 9.47 Å². The molecule has 2 aromatic rings. The fourth-order valence-corrected chi connectivity index (χ4v) is 2.10. The smallest absolute Gasteiger partial charge is 0.344 e. The van der Waals surface area contributed by atoms with Gasteiger partial charge in [-0.25, -0.2) is 4.79 Å². The third-order valence-corrected chi connectivity index (χ3v) is 3.56. The molecule has 0 aliphatic carbocycles. The molecule has 26 heavy (non-hydrogen) atoms. The van der Waals surface area contributed by atoms with Crippen LogP contribution in [0.25, 0.3) is 0 Å². The highest BCUT2D eigenvalue weighted by Gasteiger charge is 2.12. The molecule has 6 nitrogen and oxygen atoms in total. The lowest BCUT2D eigenvalue weighted by Crippen LogP contribution is -2.34. The zero-order chi connectivity index (χ0) is 18.9. The average Bonchev–Trinajstić information content (AvgIpc) is 2.65. The zero-order valence-corrected chi connectivity index (χ0v) is 14.7. The van der Waals surface area contributed by atoms with Crippen LogP contribution >= 0.6 is 0 Å². The maximum absolute atomic E-state index is 11.8. The van der Waals surface area contributed by atoms with Crippen LogP contribution < -0.4 is 10.1 Å². The summed E-state index contributed by atoms with van der Waals surface area (Å²) < 4.78 is 10.1. The third-order valence-electron chi connectivity index (χ3n) is 3.56. The van der Waals surface area contributed by atoms with Crippen molar-refractivity contribution in [1.29, 1.82) is 0 Å². The van der Waals surface area contributed by atoms with Gasteiger partial charge in [-0.15, -0.1) is 0 Å².